The quantitative estimate of drug-likeness (QED) is 0.226. The average molecular weight is 359 g/mol. The number of aliphatic hydroxyl groups excluding tert-OH is 1. The van der Waals surface area contributed by atoms with Gasteiger partial charge in [-0.3, -0.25) is 5.26 Å². The van der Waals surface area contributed by atoms with E-state index >= 15 is 0 Å². The summed E-state index contributed by atoms with van der Waals surface area (Å²) >= 11 is 0. The lowest BCUT2D eigenvalue weighted by Crippen LogP contribution is -2.33. The van der Waals surface area contributed by atoms with Crippen LogP contribution in [0.4, 0.5) is 0 Å². The zero-order valence-corrected chi connectivity index (χ0v) is 16.9. The van der Waals surface area contributed by atoms with E-state index in [1.807, 2.05) is 13.8 Å². The molecule has 0 aromatic heterocycles. The van der Waals surface area contributed by atoms with Gasteiger partial charge in [-0.05, 0) is 51.4 Å². The van der Waals surface area contributed by atoms with Gasteiger partial charge >= 0.3 is 0 Å². The summed E-state index contributed by atoms with van der Waals surface area (Å²) < 4.78 is 11.7. The molecule has 5 heteroatoms. The average Bonchev–Trinajstić information content (AvgIpc) is 2.55. The van der Waals surface area contributed by atoms with Crippen molar-refractivity contribution in [3.63, 3.8) is 0 Å². The fourth-order valence-corrected chi connectivity index (χ4v) is 2.31. The summed E-state index contributed by atoms with van der Waals surface area (Å²) in [6.45, 7) is 13.3. The smallest absolute Gasteiger partial charge is 0.126 e. The molecule has 0 aliphatic heterocycles. The van der Waals surface area contributed by atoms with Crippen molar-refractivity contribution in [2.24, 2.45) is 11.8 Å². The van der Waals surface area contributed by atoms with Crippen LogP contribution in [0.1, 0.15) is 67.2 Å². The van der Waals surface area contributed by atoms with E-state index in [2.05, 4.69) is 44.4 Å². The molecule has 0 bridgehead atoms. The van der Waals surface area contributed by atoms with Gasteiger partial charge in [-0.2, -0.15) is 0 Å². The van der Waals surface area contributed by atoms with Crippen molar-refractivity contribution in [1.82, 2.24) is 0 Å². The Labute approximate surface area is 154 Å². The summed E-state index contributed by atoms with van der Waals surface area (Å²) in [5.74, 6) is 7.65. The highest BCUT2D eigenvalue weighted by atomic mass is 17.1. The van der Waals surface area contributed by atoms with Crippen LogP contribution in [0.3, 0.4) is 0 Å². The Morgan fingerprint density at radius 2 is 1.24 bits per heavy atom. The molecule has 0 aliphatic rings. The molecule has 0 aromatic carbocycles. The van der Waals surface area contributed by atoms with Crippen LogP contribution in [0.25, 0.3) is 0 Å². The van der Waals surface area contributed by atoms with Gasteiger partial charge in [-0.1, -0.05) is 39.5 Å². The van der Waals surface area contributed by atoms with Crippen molar-refractivity contribution in [2.45, 2.75) is 78.4 Å². The van der Waals surface area contributed by atoms with Gasteiger partial charge in [0.2, 0.25) is 0 Å². The second-order valence-corrected chi connectivity index (χ2v) is 7.83. The van der Waals surface area contributed by atoms with Crippen molar-refractivity contribution in [2.75, 3.05) is 26.4 Å². The standard InChI is InChI=1S/C20H38O5/c1-17(2)7-9-19(5,23-14-13-21)11-12-20(6,10-8-18(3)4)24-15-16-25-22/h17-18,21-22H,7-10,13-16H2,1-6H3. The van der Waals surface area contributed by atoms with Crippen molar-refractivity contribution in [3.8, 4) is 11.8 Å². The van der Waals surface area contributed by atoms with Crippen LogP contribution in [0.2, 0.25) is 0 Å². The second-order valence-electron chi connectivity index (χ2n) is 7.83. The predicted molar refractivity (Wildman–Crippen MR) is 100 cm³/mol. The summed E-state index contributed by atoms with van der Waals surface area (Å²) in [7, 11) is 0. The second kappa shape index (κ2) is 12.7. The minimum atomic E-state index is -0.621. The van der Waals surface area contributed by atoms with Crippen LogP contribution >= 0.6 is 0 Å². The van der Waals surface area contributed by atoms with E-state index in [0.29, 0.717) is 11.8 Å². The molecule has 0 aliphatic carbocycles. The highest BCUT2D eigenvalue weighted by Gasteiger charge is 2.27. The first-order chi connectivity index (χ1) is 11.7. The van der Waals surface area contributed by atoms with E-state index < -0.39 is 11.2 Å². The topological polar surface area (TPSA) is 68.2 Å². The van der Waals surface area contributed by atoms with Crippen LogP contribution in [0.15, 0.2) is 0 Å². The Hall–Kier alpha value is -0.640. The summed E-state index contributed by atoms with van der Waals surface area (Å²) in [5.41, 5.74) is -1.23. The molecule has 2 N–H and O–H groups in total. The Kier molecular flexibility index (Phi) is 12.3. The molecule has 0 rings (SSSR count). The van der Waals surface area contributed by atoms with E-state index in [1.165, 1.54) is 0 Å². The minimum Gasteiger partial charge on any atom is -0.394 e. The maximum absolute atomic E-state index is 9.09. The Balaban J connectivity index is 5.20. The van der Waals surface area contributed by atoms with Gasteiger partial charge in [0.05, 0.1) is 19.8 Å². The third-order valence-corrected chi connectivity index (χ3v) is 4.10. The monoisotopic (exact) mass is 358 g/mol. The maximum Gasteiger partial charge on any atom is 0.126 e. The highest BCUT2D eigenvalue weighted by Crippen LogP contribution is 2.24. The third-order valence-electron chi connectivity index (χ3n) is 4.10. The van der Waals surface area contributed by atoms with Crippen molar-refractivity contribution in [1.29, 1.82) is 0 Å². The molecule has 5 nitrogen and oxygen atoms in total. The minimum absolute atomic E-state index is 0.0199. The lowest BCUT2D eigenvalue weighted by atomic mass is 9.91. The first-order valence-corrected chi connectivity index (χ1v) is 9.36. The van der Waals surface area contributed by atoms with Crippen LogP contribution in [0.5, 0.6) is 0 Å². The first kappa shape index (κ1) is 24.4. The molecular formula is C20H38O5. The normalized spacial score (nSPS) is 16.4. The fourth-order valence-electron chi connectivity index (χ4n) is 2.31. The molecule has 0 saturated carbocycles. The molecule has 148 valence electrons. The summed E-state index contributed by atoms with van der Waals surface area (Å²) in [4.78, 5) is 4.10. The largest absolute Gasteiger partial charge is 0.394 e. The van der Waals surface area contributed by atoms with Crippen molar-refractivity contribution < 1.29 is 24.7 Å². The molecule has 2 unspecified atom stereocenters. The van der Waals surface area contributed by atoms with Gasteiger partial charge in [0.25, 0.3) is 0 Å². The molecule has 2 atom stereocenters. The molecule has 0 saturated heterocycles. The van der Waals surface area contributed by atoms with E-state index in [1.54, 1.807) is 0 Å². The third kappa shape index (κ3) is 12.4. The molecular weight excluding hydrogens is 320 g/mol. The Bertz CT molecular complexity index is 399. The lowest BCUT2D eigenvalue weighted by molar-refractivity contribution is -0.252. The van der Waals surface area contributed by atoms with Crippen LogP contribution < -0.4 is 0 Å². The Morgan fingerprint density at radius 1 is 0.800 bits per heavy atom. The summed E-state index contributed by atoms with van der Waals surface area (Å²) in [6, 6.07) is 0. The van der Waals surface area contributed by atoms with Gasteiger partial charge in [0.1, 0.15) is 17.8 Å². The molecule has 0 radical (unpaired) electrons. The maximum atomic E-state index is 9.09. The van der Waals surface area contributed by atoms with E-state index in [-0.39, 0.29) is 26.4 Å². The van der Waals surface area contributed by atoms with Gasteiger partial charge in [-0.25, -0.2) is 4.89 Å². The molecule has 0 fully saturated rings. The molecule has 0 heterocycles. The number of hydrogen-bond donors (Lipinski definition) is 2. The van der Waals surface area contributed by atoms with Gasteiger partial charge in [0, 0.05) is 0 Å². The molecule has 0 amide bonds. The van der Waals surface area contributed by atoms with Crippen LogP contribution in [-0.4, -0.2) is 48.0 Å². The van der Waals surface area contributed by atoms with Crippen molar-refractivity contribution in [3.05, 3.63) is 0 Å². The molecule has 25 heavy (non-hydrogen) atoms. The molecule has 0 spiro atoms. The zero-order valence-electron chi connectivity index (χ0n) is 16.9. The zero-order chi connectivity index (χ0) is 19.3. The van der Waals surface area contributed by atoms with E-state index in [4.69, 9.17) is 19.8 Å². The Morgan fingerprint density at radius 3 is 1.60 bits per heavy atom. The van der Waals surface area contributed by atoms with Gasteiger partial charge in [-0.15, -0.1) is 0 Å². The fraction of sp³-hybridized carbons (Fsp3) is 0.900. The van der Waals surface area contributed by atoms with Gasteiger partial charge in [0.15, 0.2) is 0 Å². The number of rotatable bonds is 13. The first-order valence-electron chi connectivity index (χ1n) is 9.36. The van der Waals surface area contributed by atoms with E-state index in [9.17, 15) is 0 Å². The van der Waals surface area contributed by atoms with Crippen LogP contribution in [0, 0.1) is 23.7 Å². The number of aliphatic hydroxyl groups is 1. The van der Waals surface area contributed by atoms with Crippen molar-refractivity contribution >= 4 is 0 Å². The SMILES string of the molecule is CC(C)CCC(C)(C#CC(C)(CCC(C)C)OCCOO)OCCO. The summed E-state index contributed by atoms with van der Waals surface area (Å²) in [6.07, 6.45) is 3.59. The summed E-state index contributed by atoms with van der Waals surface area (Å²) in [5, 5.41) is 17.6. The van der Waals surface area contributed by atoms with Gasteiger partial charge < -0.3 is 14.6 Å². The molecule has 0 aromatic rings. The van der Waals surface area contributed by atoms with E-state index in [0.717, 1.165) is 25.7 Å². The predicted octanol–water partition coefficient (Wildman–Crippen LogP) is 3.89. The lowest BCUT2D eigenvalue weighted by Gasteiger charge is -2.28. The number of hydrogen-bond acceptors (Lipinski definition) is 5. The highest BCUT2D eigenvalue weighted by molar-refractivity contribution is 5.20. The number of ether oxygens (including phenoxy) is 2. The van der Waals surface area contributed by atoms with Crippen LogP contribution in [-0.2, 0) is 14.4 Å².